The summed E-state index contributed by atoms with van der Waals surface area (Å²) in [5.74, 6) is -0.263. The van der Waals surface area contributed by atoms with E-state index in [9.17, 15) is 9.59 Å². The quantitative estimate of drug-likeness (QED) is 0.509. The maximum atomic E-state index is 13.8. The van der Waals surface area contributed by atoms with Gasteiger partial charge in [-0.25, -0.2) is 0 Å². The summed E-state index contributed by atoms with van der Waals surface area (Å²) in [5.41, 5.74) is 4.25. The lowest BCUT2D eigenvalue weighted by molar-refractivity contribution is 0.0569. The minimum absolute atomic E-state index is 0.0105. The van der Waals surface area contributed by atoms with Gasteiger partial charge in [0.05, 0.1) is 45.8 Å². The van der Waals surface area contributed by atoms with E-state index < -0.39 is 0 Å². The summed E-state index contributed by atoms with van der Waals surface area (Å²) in [7, 11) is 0. The number of aromatic nitrogens is 4. The predicted molar refractivity (Wildman–Crippen MR) is 133 cm³/mol. The SMILES string of the molecule is Cc1ccc([C@@H](C)N2C[C@@H](C)n3nc4c(c3C2=O)CN(C(=O)c2ccc(Cl)c(Cl)c2)[C@H](C)C4)nn1. The molecular formula is C25H26Cl2N6O2. The summed E-state index contributed by atoms with van der Waals surface area (Å²) in [5, 5.41) is 14.0. The highest BCUT2D eigenvalue weighted by Crippen LogP contribution is 2.35. The maximum absolute atomic E-state index is 13.8. The zero-order valence-electron chi connectivity index (χ0n) is 20.0. The molecule has 8 nitrogen and oxygen atoms in total. The van der Waals surface area contributed by atoms with Crippen molar-refractivity contribution in [3.63, 3.8) is 0 Å². The van der Waals surface area contributed by atoms with Crippen molar-refractivity contribution < 1.29 is 9.59 Å². The highest BCUT2D eigenvalue weighted by atomic mass is 35.5. The Morgan fingerprint density at radius 3 is 2.54 bits per heavy atom. The van der Waals surface area contributed by atoms with Crippen molar-refractivity contribution in [3.05, 3.63) is 74.3 Å². The van der Waals surface area contributed by atoms with Crippen LogP contribution >= 0.6 is 23.2 Å². The average molecular weight is 513 g/mol. The van der Waals surface area contributed by atoms with Gasteiger partial charge in [0.15, 0.2) is 0 Å². The van der Waals surface area contributed by atoms with Crippen molar-refractivity contribution in [1.82, 2.24) is 29.8 Å². The second-order valence-electron chi connectivity index (χ2n) is 9.42. The fraction of sp³-hybridized carbons (Fsp3) is 0.400. The second-order valence-corrected chi connectivity index (χ2v) is 10.2. The summed E-state index contributed by atoms with van der Waals surface area (Å²) < 4.78 is 1.83. The molecule has 2 aliphatic rings. The molecule has 3 atom stereocenters. The number of halogens is 2. The Balaban J connectivity index is 1.48. The summed E-state index contributed by atoms with van der Waals surface area (Å²) in [4.78, 5) is 30.8. The van der Waals surface area contributed by atoms with Crippen molar-refractivity contribution >= 4 is 35.0 Å². The summed E-state index contributed by atoms with van der Waals surface area (Å²) >= 11 is 12.2. The van der Waals surface area contributed by atoms with E-state index in [2.05, 4.69) is 17.1 Å². The Bertz CT molecular complexity index is 1320. The lowest BCUT2D eigenvalue weighted by Gasteiger charge is -2.37. The molecule has 0 aliphatic carbocycles. The van der Waals surface area contributed by atoms with Crippen molar-refractivity contribution in [2.24, 2.45) is 0 Å². The summed E-state index contributed by atoms with van der Waals surface area (Å²) in [6.07, 6.45) is 0.571. The number of carbonyl (C=O) groups excluding carboxylic acids is 2. The van der Waals surface area contributed by atoms with E-state index in [1.165, 1.54) is 0 Å². The molecule has 2 aliphatic heterocycles. The molecule has 1 aromatic carbocycles. The minimum Gasteiger partial charge on any atom is -0.331 e. The number of aryl methyl sites for hydroxylation is 1. The topological polar surface area (TPSA) is 84.2 Å². The first kappa shape index (κ1) is 23.8. The maximum Gasteiger partial charge on any atom is 0.273 e. The number of hydrogen-bond donors (Lipinski definition) is 0. The van der Waals surface area contributed by atoms with Crippen LogP contribution in [0.2, 0.25) is 10.0 Å². The Labute approximate surface area is 213 Å². The molecule has 0 fully saturated rings. The molecule has 0 N–H and O–H groups in total. The largest absolute Gasteiger partial charge is 0.331 e. The van der Waals surface area contributed by atoms with E-state index in [-0.39, 0.29) is 29.9 Å². The number of fused-ring (bicyclic) bond motifs is 3. The van der Waals surface area contributed by atoms with Gasteiger partial charge in [0.25, 0.3) is 11.8 Å². The van der Waals surface area contributed by atoms with Gasteiger partial charge in [-0.2, -0.15) is 15.3 Å². The zero-order valence-corrected chi connectivity index (χ0v) is 21.5. The van der Waals surface area contributed by atoms with Crippen molar-refractivity contribution in [2.45, 2.75) is 58.8 Å². The Kier molecular flexibility index (Phi) is 6.05. The molecule has 2 aromatic heterocycles. The van der Waals surface area contributed by atoms with Gasteiger partial charge in [-0.3, -0.25) is 14.3 Å². The lowest BCUT2D eigenvalue weighted by Crippen LogP contribution is -2.45. The fourth-order valence-corrected chi connectivity index (χ4v) is 5.18. The molecule has 5 rings (SSSR count). The van der Waals surface area contributed by atoms with E-state index in [4.69, 9.17) is 28.3 Å². The minimum atomic E-state index is -0.242. The van der Waals surface area contributed by atoms with E-state index in [1.807, 2.05) is 42.5 Å². The first-order valence-corrected chi connectivity index (χ1v) is 12.4. The predicted octanol–water partition coefficient (Wildman–Crippen LogP) is 4.65. The Morgan fingerprint density at radius 1 is 1.09 bits per heavy atom. The van der Waals surface area contributed by atoms with Gasteiger partial charge in [0.2, 0.25) is 0 Å². The number of rotatable bonds is 3. The van der Waals surface area contributed by atoms with Crippen LogP contribution in [0.3, 0.4) is 0 Å². The Morgan fingerprint density at radius 2 is 1.86 bits per heavy atom. The molecule has 182 valence electrons. The molecule has 0 saturated carbocycles. The highest BCUT2D eigenvalue weighted by Gasteiger charge is 2.40. The van der Waals surface area contributed by atoms with Crippen LogP contribution in [0.4, 0.5) is 0 Å². The van der Waals surface area contributed by atoms with Gasteiger partial charge < -0.3 is 9.80 Å². The smallest absolute Gasteiger partial charge is 0.273 e. The van der Waals surface area contributed by atoms with Crippen molar-refractivity contribution in [2.75, 3.05) is 6.54 Å². The molecule has 2 amide bonds. The molecule has 0 saturated heterocycles. The van der Waals surface area contributed by atoms with E-state index in [1.54, 1.807) is 23.1 Å². The number of carbonyl (C=O) groups is 2. The molecule has 10 heteroatoms. The van der Waals surface area contributed by atoms with E-state index in [0.717, 1.165) is 22.6 Å². The van der Waals surface area contributed by atoms with Gasteiger partial charge in [-0.15, -0.1) is 0 Å². The first-order valence-electron chi connectivity index (χ1n) is 11.6. The van der Waals surface area contributed by atoms with Gasteiger partial charge in [0, 0.05) is 30.1 Å². The third kappa shape index (κ3) is 4.08. The number of hydrogen-bond acceptors (Lipinski definition) is 5. The van der Waals surface area contributed by atoms with Crippen LogP contribution in [-0.2, 0) is 13.0 Å². The van der Waals surface area contributed by atoms with Crippen LogP contribution in [0.5, 0.6) is 0 Å². The third-order valence-corrected chi connectivity index (χ3v) is 7.66. The molecule has 0 radical (unpaired) electrons. The van der Waals surface area contributed by atoms with Crippen LogP contribution in [-0.4, -0.2) is 54.2 Å². The fourth-order valence-electron chi connectivity index (χ4n) is 4.88. The average Bonchev–Trinajstić information content (AvgIpc) is 3.21. The molecule has 0 spiro atoms. The summed E-state index contributed by atoms with van der Waals surface area (Å²) in [6.45, 7) is 8.71. The molecule has 4 heterocycles. The van der Waals surface area contributed by atoms with Crippen molar-refractivity contribution in [3.8, 4) is 0 Å². The zero-order chi connectivity index (χ0) is 25.0. The molecule has 0 bridgehead atoms. The molecule has 3 aromatic rings. The Hall–Kier alpha value is -2.97. The normalized spacial score (nSPS) is 20.5. The molecule has 35 heavy (non-hydrogen) atoms. The van der Waals surface area contributed by atoms with Crippen LogP contribution in [0.1, 0.15) is 76.3 Å². The van der Waals surface area contributed by atoms with Gasteiger partial charge in [-0.1, -0.05) is 23.2 Å². The van der Waals surface area contributed by atoms with Crippen LogP contribution in [0, 0.1) is 6.92 Å². The number of amides is 2. The van der Waals surface area contributed by atoms with Crippen molar-refractivity contribution in [1.29, 1.82) is 0 Å². The van der Waals surface area contributed by atoms with Gasteiger partial charge in [0.1, 0.15) is 5.69 Å². The number of nitrogens with zero attached hydrogens (tertiary/aromatic N) is 6. The first-order chi connectivity index (χ1) is 16.7. The summed E-state index contributed by atoms with van der Waals surface area (Å²) in [6, 6.07) is 8.36. The third-order valence-electron chi connectivity index (χ3n) is 6.92. The monoisotopic (exact) mass is 512 g/mol. The van der Waals surface area contributed by atoms with Crippen LogP contribution in [0.25, 0.3) is 0 Å². The van der Waals surface area contributed by atoms with Gasteiger partial charge >= 0.3 is 0 Å². The lowest BCUT2D eigenvalue weighted by atomic mass is 9.97. The second kappa shape index (κ2) is 8.91. The van der Waals surface area contributed by atoms with Crippen LogP contribution in [0.15, 0.2) is 30.3 Å². The standard InChI is InChI=1S/C25H26Cl2N6O2/c1-13-5-8-21(29-28-13)16(4)32-11-15(3)33-23(25(32)35)18-12-31(14(2)9-22(18)30-33)24(34)17-6-7-19(26)20(27)10-17/h5-8,10,14-16H,9,11-12H2,1-4H3/t14-,15-,16-/m1/s1. The van der Waals surface area contributed by atoms with E-state index >= 15 is 0 Å². The number of benzene rings is 1. The molecular weight excluding hydrogens is 487 g/mol. The molecule has 0 unspecified atom stereocenters. The van der Waals surface area contributed by atoms with Crippen LogP contribution < -0.4 is 0 Å². The highest BCUT2D eigenvalue weighted by molar-refractivity contribution is 6.42. The van der Waals surface area contributed by atoms with Gasteiger partial charge in [-0.05, 0) is 58.0 Å². The van der Waals surface area contributed by atoms with E-state index in [0.29, 0.717) is 40.8 Å².